The van der Waals surface area contributed by atoms with Crippen molar-refractivity contribution in [2.24, 2.45) is 11.8 Å². The van der Waals surface area contributed by atoms with Gasteiger partial charge in [0.2, 0.25) is 11.9 Å². The first kappa shape index (κ1) is 15.7. The zero-order valence-electron chi connectivity index (χ0n) is 13.9. The molecule has 7 heteroatoms. The summed E-state index contributed by atoms with van der Waals surface area (Å²) in [5, 5.41) is 3.06. The highest BCUT2D eigenvalue weighted by molar-refractivity contribution is 5.75. The van der Waals surface area contributed by atoms with Gasteiger partial charge in [-0.05, 0) is 19.3 Å². The molecule has 0 radical (unpaired) electrons. The normalized spacial score (nSPS) is 33.8. The molecule has 1 aromatic heterocycles. The third-order valence-electron chi connectivity index (χ3n) is 5.69. The lowest BCUT2D eigenvalue weighted by Crippen LogP contribution is -2.41. The molecule has 1 spiro atoms. The summed E-state index contributed by atoms with van der Waals surface area (Å²) in [6.07, 6.45) is 6.17. The predicted molar refractivity (Wildman–Crippen MR) is 85.9 cm³/mol. The minimum atomic E-state index is -0.426. The SMILES string of the molecule is CCCC(=O)NC[C@H]1[C@H]2CN(c3ncc(F)cn3)C[C@]23CC[C@H]1O3. The maximum absolute atomic E-state index is 13.0. The van der Waals surface area contributed by atoms with E-state index in [1.54, 1.807) is 0 Å². The van der Waals surface area contributed by atoms with Crippen LogP contribution in [0.5, 0.6) is 0 Å². The molecule has 4 heterocycles. The highest BCUT2D eigenvalue weighted by Gasteiger charge is 2.63. The van der Waals surface area contributed by atoms with Crippen LogP contribution < -0.4 is 10.2 Å². The van der Waals surface area contributed by atoms with Crippen LogP contribution in [0.25, 0.3) is 0 Å². The molecule has 4 atom stereocenters. The fourth-order valence-electron chi connectivity index (χ4n) is 4.63. The molecule has 3 saturated heterocycles. The lowest BCUT2D eigenvalue weighted by Gasteiger charge is -2.29. The van der Waals surface area contributed by atoms with Crippen LogP contribution in [-0.4, -0.2) is 47.2 Å². The molecule has 3 aliphatic rings. The first-order chi connectivity index (χ1) is 11.6. The maximum atomic E-state index is 13.0. The van der Waals surface area contributed by atoms with Gasteiger partial charge in [-0.2, -0.15) is 0 Å². The molecule has 0 saturated carbocycles. The van der Waals surface area contributed by atoms with Crippen molar-refractivity contribution >= 4 is 11.9 Å². The molecule has 1 amide bonds. The van der Waals surface area contributed by atoms with Crippen molar-refractivity contribution in [3.63, 3.8) is 0 Å². The molecular weight excluding hydrogens is 311 g/mol. The van der Waals surface area contributed by atoms with E-state index in [-0.39, 0.29) is 17.6 Å². The summed E-state index contributed by atoms with van der Waals surface area (Å²) in [4.78, 5) is 22.1. The summed E-state index contributed by atoms with van der Waals surface area (Å²) in [6, 6.07) is 0. The average Bonchev–Trinajstić information content (AvgIpc) is 3.22. The van der Waals surface area contributed by atoms with E-state index in [0.29, 0.717) is 30.7 Å². The number of ether oxygens (including phenoxy) is 1. The zero-order valence-corrected chi connectivity index (χ0v) is 13.9. The number of hydrogen-bond acceptors (Lipinski definition) is 5. The highest BCUT2D eigenvalue weighted by Crippen LogP contribution is 2.54. The Morgan fingerprint density at radius 3 is 3.04 bits per heavy atom. The van der Waals surface area contributed by atoms with E-state index in [9.17, 15) is 9.18 Å². The van der Waals surface area contributed by atoms with Crippen LogP contribution in [0.15, 0.2) is 12.4 Å². The van der Waals surface area contributed by atoms with Crippen molar-refractivity contribution in [3.05, 3.63) is 18.2 Å². The van der Waals surface area contributed by atoms with E-state index in [1.165, 1.54) is 12.4 Å². The van der Waals surface area contributed by atoms with E-state index in [0.717, 1.165) is 32.4 Å². The van der Waals surface area contributed by atoms with Crippen LogP contribution in [0.2, 0.25) is 0 Å². The number of nitrogens with one attached hydrogen (secondary N) is 1. The molecular formula is C17H23FN4O2. The van der Waals surface area contributed by atoms with Gasteiger partial charge in [0.15, 0.2) is 5.82 Å². The molecule has 1 N–H and O–H groups in total. The molecule has 4 rings (SSSR count). The molecule has 6 nitrogen and oxygen atoms in total. The van der Waals surface area contributed by atoms with Gasteiger partial charge in [0.1, 0.15) is 0 Å². The van der Waals surface area contributed by atoms with Gasteiger partial charge in [0.05, 0.1) is 30.6 Å². The molecule has 0 unspecified atom stereocenters. The van der Waals surface area contributed by atoms with Gasteiger partial charge in [0.25, 0.3) is 0 Å². The molecule has 24 heavy (non-hydrogen) atoms. The average molecular weight is 334 g/mol. The number of hydrogen-bond donors (Lipinski definition) is 1. The molecule has 0 aromatic carbocycles. The van der Waals surface area contributed by atoms with Crippen molar-refractivity contribution in [1.82, 2.24) is 15.3 Å². The van der Waals surface area contributed by atoms with E-state index in [2.05, 4.69) is 20.2 Å². The van der Waals surface area contributed by atoms with Crippen LogP contribution in [0, 0.1) is 17.7 Å². The van der Waals surface area contributed by atoms with Crippen molar-refractivity contribution in [2.75, 3.05) is 24.5 Å². The lowest BCUT2D eigenvalue weighted by atomic mass is 9.73. The Morgan fingerprint density at radius 1 is 1.50 bits per heavy atom. The zero-order chi connectivity index (χ0) is 16.7. The van der Waals surface area contributed by atoms with Gasteiger partial charge in [-0.15, -0.1) is 0 Å². The third-order valence-corrected chi connectivity index (χ3v) is 5.69. The van der Waals surface area contributed by atoms with Crippen LogP contribution in [0.4, 0.5) is 10.3 Å². The number of aromatic nitrogens is 2. The summed E-state index contributed by atoms with van der Waals surface area (Å²) in [5.74, 6) is 0.953. The standard InChI is InChI=1S/C17H23FN4O2/c1-2-3-15(23)19-8-12-13-9-22(16-20-6-11(18)7-21-16)10-17(13)5-4-14(12)24-17/h6-7,12-14H,2-5,8-10H2,1H3,(H,19,23)/t12-,13+,14+,17+/m0/s1. The number of rotatable bonds is 5. The maximum Gasteiger partial charge on any atom is 0.225 e. The number of halogens is 1. The van der Waals surface area contributed by atoms with Crippen LogP contribution in [0.3, 0.4) is 0 Å². The highest BCUT2D eigenvalue weighted by atomic mass is 19.1. The smallest absolute Gasteiger partial charge is 0.225 e. The summed E-state index contributed by atoms with van der Waals surface area (Å²) in [6.45, 7) is 4.23. The number of fused-ring (bicyclic) bond motifs is 1. The van der Waals surface area contributed by atoms with Crippen molar-refractivity contribution < 1.29 is 13.9 Å². The van der Waals surface area contributed by atoms with E-state index < -0.39 is 5.82 Å². The second-order valence-corrected chi connectivity index (χ2v) is 7.17. The molecule has 2 bridgehead atoms. The monoisotopic (exact) mass is 334 g/mol. The number of anilines is 1. The first-order valence-corrected chi connectivity index (χ1v) is 8.78. The molecule has 130 valence electrons. The van der Waals surface area contributed by atoms with Crippen molar-refractivity contribution in [3.8, 4) is 0 Å². The molecule has 1 aromatic rings. The topological polar surface area (TPSA) is 67.4 Å². The Kier molecular flexibility index (Phi) is 3.90. The summed E-state index contributed by atoms with van der Waals surface area (Å²) >= 11 is 0. The van der Waals surface area contributed by atoms with Gasteiger partial charge < -0.3 is 15.0 Å². The Balaban J connectivity index is 1.46. The summed E-state index contributed by atoms with van der Waals surface area (Å²) in [7, 11) is 0. The quantitative estimate of drug-likeness (QED) is 0.884. The second-order valence-electron chi connectivity index (χ2n) is 7.17. The summed E-state index contributed by atoms with van der Waals surface area (Å²) in [5.41, 5.74) is -0.150. The Bertz CT molecular complexity index is 626. The van der Waals surface area contributed by atoms with Crippen LogP contribution >= 0.6 is 0 Å². The number of amides is 1. The minimum absolute atomic E-state index is 0.117. The number of nitrogens with zero attached hydrogens (tertiary/aromatic N) is 3. The van der Waals surface area contributed by atoms with Gasteiger partial charge in [-0.3, -0.25) is 4.79 Å². The second kappa shape index (κ2) is 5.95. The Morgan fingerprint density at radius 2 is 2.29 bits per heavy atom. The fraction of sp³-hybridized carbons (Fsp3) is 0.706. The van der Waals surface area contributed by atoms with Crippen LogP contribution in [0.1, 0.15) is 32.6 Å². The third kappa shape index (κ3) is 2.55. The van der Waals surface area contributed by atoms with E-state index in [1.807, 2.05) is 6.92 Å². The Labute approximate surface area is 140 Å². The Hall–Kier alpha value is -1.76. The van der Waals surface area contributed by atoms with Gasteiger partial charge in [-0.25, -0.2) is 14.4 Å². The van der Waals surface area contributed by atoms with E-state index >= 15 is 0 Å². The molecule has 3 aliphatic heterocycles. The minimum Gasteiger partial charge on any atom is -0.369 e. The van der Waals surface area contributed by atoms with Gasteiger partial charge >= 0.3 is 0 Å². The largest absolute Gasteiger partial charge is 0.369 e. The lowest BCUT2D eigenvalue weighted by molar-refractivity contribution is -0.121. The van der Waals surface area contributed by atoms with Crippen molar-refractivity contribution in [1.29, 1.82) is 0 Å². The van der Waals surface area contributed by atoms with Crippen LogP contribution in [-0.2, 0) is 9.53 Å². The first-order valence-electron chi connectivity index (χ1n) is 8.78. The van der Waals surface area contributed by atoms with E-state index in [4.69, 9.17) is 4.74 Å². The predicted octanol–water partition coefficient (Wildman–Crippen LogP) is 1.52. The van der Waals surface area contributed by atoms with Gasteiger partial charge in [0, 0.05) is 31.3 Å². The fourth-order valence-corrected chi connectivity index (χ4v) is 4.63. The summed E-state index contributed by atoms with van der Waals surface area (Å²) < 4.78 is 19.4. The number of carbonyl (C=O) groups is 1. The molecule has 0 aliphatic carbocycles. The van der Waals surface area contributed by atoms with Gasteiger partial charge in [-0.1, -0.05) is 6.92 Å². The van der Waals surface area contributed by atoms with Crippen molar-refractivity contribution in [2.45, 2.75) is 44.3 Å². The number of carbonyl (C=O) groups excluding carboxylic acids is 1. The molecule has 3 fully saturated rings.